The molecule has 0 radical (unpaired) electrons. The summed E-state index contributed by atoms with van der Waals surface area (Å²) in [6.07, 6.45) is 1.83. The van der Waals surface area contributed by atoms with Crippen LogP contribution in [0.2, 0.25) is 0 Å². The molecular formula is C13H16O2. The van der Waals surface area contributed by atoms with Crippen molar-refractivity contribution in [3.05, 3.63) is 35.9 Å². The molecule has 1 fully saturated rings. The summed E-state index contributed by atoms with van der Waals surface area (Å²) in [7, 11) is 1.57. The molecule has 1 aromatic rings. The van der Waals surface area contributed by atoms with Gasteiger partial charge in [0.05, 0.1) is 0 Å². The topological polar surface area (TPSA) is 26.3 Å². The molecule has 0 unspecified atom stereocenters. The molecular weight excluding hydrogens is 188 g/mol. The van der Waals surface area contributed by atoms with Crippen molar-refractivity contribution in [2.24, 2.45) is 5.92 Å². The summed E-state index contributed by atoms with van der Waals surface area (Å²) in [6.45, 7) is 0.262. The van der Waals surface area contributed by atoms with Crippen LogP contribution in [0.1, 0.15) is 24.3 Å². The van der Waals surface area contributed by atoms with E-state index in [0.717, 1.165) is 6.42 Å². The Morgan fingerprint density at radius 2 is 2.13 bits per heavy atom. The van der Waals surface area contributed by atoms with E-state index in [-0.39, 0.29) is 12.4 Å². The van der Waals surface area contributed by atoms with Crippen LogP contribution in [0.4, 0.5) is 0 Å². The van der Waals surface area contributed by atoms with E-state index in [1.165, 1.54) is 5.56 Å². The zero-order chi connectivity index (χ0) is 10.7. The molecule has 2 nitrogen and oxygen atoms in total. The van der Waals surface area contributed by atoms with Gasteiger partial charge in [0.1, 0.15) is 6.61 Å². The van der Waals surface area contributed by atoms with Gasteiger partial charge in [-0.1, -0.05) is 30.3 Å². The molecule has 1 aromatic carbocycles. The molecule has 0 amide bonds. The maximum absolute atomic E-state index is 11.3. The first-order valence-corrected chi connectivity index (χ1v) is 5.37. The maximum atomic E-state index is 11.3. The lowest BCUT2D eigenvalue weighted by atomic mass is 10.1. The standard InChI is InChI=1S/C13H16O2/c1-15-9-12(14)7-11-8-13(11)10-5-3-2-4-6-10/h2-6,11,13H,7-9H2,1H3/t11-,13+/m1/s1. The second kappa shape index (κ2) is 4.58. The minimum atomic E-state index is 0.223. The number of Topliss-reactive ketones (excluding diaryl/α,β-unsaturated/α-hetero) is 1. The first kappa shape index (κ1) is 10.4. The van der Waals surface area contributed by atoms with Gasteiger partial charge in [0, 0.05) is 13.5 Å². The highest BCUT2D eigenvalue weighted by Gasteiger charge is 2.39. The van der Waals surface area contributed by atoms with Crippen LogP contribution < -0.4 is 0 Å². The third-order valence-electron chi connectivity index (χ3n) is 2.95. The maximum Gasteiger partial charge on any atom is 0.158 e. The zero-order valence-corrected chi connectivity index (χ0v) is 8.98. The van der Waals surface area contributed by atoms with Gasteiger partial charge in [-0.3, -0.25) is 4.79 Å². The number of benzene rings is 1. The molecule has 2 heteroatoms. The summed E-state index contributed by atoms with van der Waals surface area (Å²) >= 11 is 0. The van der Waals surface area contributed by atoms with Crippen molar-refractivity contribution in [2.45, 2.75) is 18.8 Å². The highest BCUT2D eigenvalue weighted by atomic mass is 16.5. The first-order chi connectivity index (χ1) is 7.31. The highest BCUT2D eigenvalue weighted by Crippen LogP contribution is 2.49. The van der Waals surface area contributed by atoms with Crippen molar-refractivity contribution in [3.8, 4) is 0 Å². The Morgan fingerprint density at radius 1 is 1.40 bits per heavy atom. The molecule has 15 heavy (non-hydrogen) atoms. The highest BCUT2D eigenvalue weighted by molar-refractivity contribution is 5.80. The van der Waals surface area contributed by atoms with E-state index < -0.39 is 0 Å². The summed E-state index contributed by atoms with van der Waals surface area (Å²) in [6, 6.07) is 10.4. The summed E-state index contributed by atoms with van der Waals surface area (Å²) in [5.74, 6) is 1.38. The van der Waals surface area contributed by atoms with E-state index in [9.17, 15) is 4.79 Å². The minimum absolute atomic E-state index is 0.223. The average molecular weight is 204 g/mol. The lowest BCUT2D eigenvalue weighted by Gasteiger charge is -2.00. The summed E-state index contributed by atoms with van der Waals surface area (Å²) in [5, 5.41) is 0. The molecule has 1 saturated carbocycles. The summed E-state index contributed by atoms with van der Waals surface area (Å²) in [5.41, 5.74) is 1.37. The molecule has 80 valence electrons. The second-order valence-corrected chi connectivity index (χ2v) is 4.19. The Balaban J connectivity index is 1.84. The van der Waals surface area contributed by atoms with E-state index in [4.69, 9.17) is 4.74 Å². The van der Waals surface area contributed by atoms with Crippen LogP contribution in [-0.2, 0) is 9.53 Å². The predicted molar refractivity (Wildman–Crippen MR) is 58.8 cm³/mol. The Hall–Kier alpha value is -1.15. The average Bonchev–Trinajstić information content (AvgIpc) is 2.99. The van der Waals surface area contributed by atoms with Gasteiger partial charge in [-0.05, 0) is 23.8 Å². The lowest BCUT2D eigenvalue weighted by molar-refractivity contribution is -0.123. The van der Waals surface area contributed by atoms with Crippen LogP contribution in [-0.4, -0.2) is 19.5 Å². The number of methoxy groups -OCH3 is 1. The number of carbonyl (C=O) groups is 1. The SMILES string of the molecule is COCC(=O)C[C@@H]1C[C@H]1c1ccccc1. The Labute approximate surface area is 90.3 Å². The molecule has 0 spiro atoms. The normalized spacial score (nSPS) is 23.8. The number of hydrogen-bond acceptors (Lipinski definition) is 2. The van der Waals surface area contributed by atoms with Gasteiger partial charge in [-0.25, -0.2) is 0 Å². The van der Waals surface area contributed by atoms with Gasteiger partial charge in [-0.2, -0.15) is 0 Å². The molecule has 2 rings (SSSR count). The number of ether oxygens (including phenoxy) is 1. The Morgan fingerprint density at radius 3 is 2.80 bits per heavy atom. The minimum Gasteiger partial charge on any atom is -0.377 e. The molecule has 0 heterocycles. The fourth-order valence-corrected chi connectivity index (χ4v) is 2.09. The van der Waals surface area contributed by atoms with Gasteiger partial charge in [0.25, 0.3) is 0 Å². The van der Waals surface area contributed by atoms with Gasteiger partial charge in [0.15, 0.2) is 5.78 Å². The van der Waals surface area contributed by atoms with E-state index in [1.807, 2.05) is 6.07 Å². The number of ketones is 1. The smallest absolute Gasteiger partial charge is 0.158 e. The third-order valence-corrected chi connectivity index (χ3v) is 2.95. The monoisotopic (exact) mass is 204 g/mol. The fraction of sp³-hybridized carbons (Fsp3) is 0.462. The number of hydrogen-bond donors (Lipinski definition) is 0. The van der Waals surface area contributed by atoms with Crippen LogP contribution in [0, 0.1) is 5.92 Å². The van der Waals surface area contributed by atoms with E-state index in [0.29, 0.717) is 18.3 Å². The lowest BCUT2D eigenvalue weighted by Crippen LogP contribution is -2.07. The molecule has 0 aromatic heterocycles. The van der Waals surface area contributed by atoms with Crippen molar-refractivity contribution >= 4 is 5.78 Å². The molecule has 0 saturated heterocycles. The number of carbonyl (C=O) groups excluding carboxylic acids is 1. The van der Waals surface area contributed by atoms with Crippen molar-refractivity contribution < 1.29 is 9.53 Å². The van der Waals surface area contributed by atoms with Gasteiger partial charge in [-0.15, -0.1) is 0 Å². The molecule has 2 atom stereocenters. The molecule has 0 N–H and O–H groups in total. The zero-order valence-electron chi connectivity index (χ0n) is 8.98. The van der Waals surface area contributed by atoms with Crippen LogP contribution in [0.25, 0.3) is 0 Å². The molecule has 0 aliphatic heterocycles. The van der Waals surface area contributed by atoms with E-state index in [1.54, 1.807) is 7.11 Å². The Kier molecular flexibility index (Phi) is 3.17. The first-order valence-electron chi connectivity index (χ1n) is 5.37. The van der Waals surface area contributed by atoms with Gasteiger partial charge >= 0.3 is 0 Å². The van der Waals surface area contributed by atoms with Crippen LogP contribution >= 0.6 is 0 Å². The second-order valence-electron chi connectivity index (χ2n) is 4.19. The van der Waals surface area contributed by atoms with Crippen LogP contribution in [0.3, 0.4) is 0 Å². The fourth-order valence-electron chi connectivity index (χ4n) is 2.09. The Bertz CT molecular complexity index is 332. The van der Waals surface area contributed by atoms with Crippen LogP contribution in [0.15, 0.2) is 30.3 Å². The van der Waals surface area contributed by atoms with Crippen molar-refractivity contribution in [2.75, 3.05) is 13.7 Å². The van der Waals surface area contributed by atoms with Gasteiger partial charge < -0.3 is 4.74 Å². The van der Waals surface area contributed by atoms with Crippen LogP contribution in [0.5, 0.6) is 0 Å². The summed E-state index contributed by atoms with van der Waals surface area (Å²) < 4.78 is 4.82. The van der Waals surface area contributed by atoms with Gasteiger partial charge in [0.2, 0.25) is 0 Å². The quantitative estimate of drug-likeness (QED) is 0.736. The van der Waals surface area contributed by atoms with E-state index >= 15 is 0 Å². The van der Waals surface area contributed by atoms with Crippen molar-refractivity contribution in [1.82, 2.24) is 0 Å². The van der Waals surface area contributed by atoms with Crippen molar-refractivity contribution in [1.29, 1.82) is 0 Å². The third kappa shape index (κ3) is 2.66. The molecule has 0 bridgehead atoms. The number of rotatable bonds is 5. The molecule has 1 aliphatic rings. The van der Waals surface area contributed by atoms with Crippen molar-refractivity contribution in [3.63, 3.8) is 0 Å². The largest absolute Gasteiger partial charge is 0.377 e. The summed E-state index contributed by atoms with van der Waals surface area (Å²) in [4.78, 5) is 11.3. The van der Waals surface area contributed by atoms with E-state index in [2.05, 4.69) is 24.3 Å². The predicted octanol–water partition coefficient (Wildman–Crippen LogP) is 2.40. The molecule has 1 aliphatic carbocycles.